The predicted octanol–water partition coefficient (Wildman–Crippen LogP) is 3.87. The Morgan fingerprint density at radius 1 is 1.10 bits per heavy atom. The van der Waals surface area contributed by atoms with Gasteiger partial charge in [0.15, 0.2) is 11.6 Å². The topological polar surface area (TPSA) is 21.3 Å². The lowest BCUT2D eigenvalue weighted by atomic mass is 9.98. The van der Waals surface area contributed by atoms with E-state index in [1.54, 1.807) is 18.2 Å². The van der Waals surface area contributed by atoms with Gasteiger partial charge in [-0.25, -0.2) is 8.78 Å². The lowest BCUT2D eigenvalue weighted by Crippen LogP contribution is -2.23. The molecule has 1 N–H and O–H groups in total. The fourth-order valence-corrected chi connectivity index (χ4v) is 2.31. The number of nitrogens with one attached hydrogen (secondary N) is 1. The van der Waals surface area contributed by atoms with Gasteiger partial charge < -0.3 is 10.1 Å². The minimum atomic E-state index is -0.378. The van der Waals surface area contributed by atoms with E-state index < -0.39 is 0 Å². The van der Waals surface area contributed by atoms with E-state index in [4.69, 9.17) is 4.74 Å². The first-order valence-electron chi connectivity index (χ1n) is 6.95. The van der Waals surface area contributed by atoms with Gasteiger partial charge in [0.05, 0.1) is 7.11 Å². The minimum absolute atomic E-state index is 0.0270. The van der Waals surface area contributed by atoms with Gasteiger partial charge in [-0.3, -0.25) is 0 Å². The largest absolute Gasteiger partial charge is 0.494 e. The third-order valence-corrected chi connectivity index (χ3v) is 3.38. The highest BCUT2D eigenvalue weighted by Gasteiger charge is 2.14. The van der Waals surface area contributed by atoms with E-state index in [0.717, 1.165) is 17.7 Å². The van der Waals surface area contributed by atoms with Crippen molar-refractivity contribution in [1.29, 1.82) is 0 Å². The van der Waals surface area contributed by atoms with Crippen LogP contribution in [0.25, 0.3) is 0 Å². The summed E-state index contributed by atoms with van der Waals surface area (Å²) in [5.74, 6) is -0.401. The molecule has 2 aromatic carbocycles. The summed E-state index contributed by atoms with van der Waals surface area (Å²) in [6.07, 6.45) is 0.667. The Kier molecular flexibility index (Phi) is 5.28. The van der Waals surface area contributed by atoms with Crippen LogP contribution in [0.2, 0.25) is 0 Å². The second-order valence-corrected chi connectivity index (χ2v) is 4.83. The first-order valence-corrected chi connectivity index (χ1v) is 6.95. The molecule has 0 spiro atoms. The van der Waals surface area contributed by atoms with Crippen LogP contribution in [0.1, 0.15) is 24.1 Å². The maximum Gasteiger partial charge on any atom is 0.165 e. The molecular weight excluding hydrogens is 272 g/mol. The molecule has 0 amide bonds. The van der Waals surface area contributed by atoms with Crippen LogP contribution >= 0.6 is 0 Å². The van der Waals surface area contributed by atoms with Crippen LogP contribution in [0.4, 0.5) is 8.78 Å². The molecule has 0 fully saturated rings. The van der Waals surface area contributed by atoms with Crippen molar-refractivity contribution in [2.24, 2.45) is 0 Å². The molecule has 2 nitrogen and oxygen atoms in total. The van der Waals surface area contributed by atoms with Crippen molar-refractivity contribution in [3.05, 3.63) is 65.2 Å². The number of methoxy groups -OCH3 is 1. The second kappa shape index (κ2) is 7.18. The van der Waals surface area contributed by atoms with Gasteiger partial charge in [-0.05, 0) is 48.4 Å². The molecule has 0 aliphatic carbocycles. The summed E-state index contributed by atoms with van der Waals surface area (Å²) in [6.45, 7) is 2.76. The number of ether oxygens (including phenoxy) is 1. The maximum atomic E-state index is 13.8. The molecule has 4 heteroatoms. The highest BCUT2D eigenvalue weighted by atomic mass is 19.1. The van der Waals surface area contributed by atoms with Crippen molar-refractivity contribution >= 4 is 0 Å². The van der Waals surface area contributed by atoms with Crippen molar-refractivity contribution in [2.75, 3.05) is 13.7 Å². The first kappa shape index (κ1) is 15.4. The van der Waals surface area contributed by atoms with Gasteiger partial charge in [-0.1, -0.05) is 25.1 Å². The summed E-state index contributed by atoms with van der Waals surface area (Å²) in [5, 5.41) is 3.33. The molecule has 0 saturated heterocycles. The zero-order valence-electron chi connectivity index (χ0n) is 12.2. The zero-order chi connectivity index (χ0) is 15.2. The molecule has 1 atom stereocenters. The third-order valence-electron chi connectivity index (χ3n) is 3.38. The fourth-order valence-electron chi connectivity index (χ4n) is 2.31. The Balaban J connectivity index is 2.21. The van der Waals surface area contributed by atoms with Crippen molar-refractivity contribution in [3.63, 3.8) is 0 Å². The van der Waals surface area contributed by atoms with Gasteiger partial charge in [-0.2, -0.15) is 0 Å². The Labute approximate surface area is 123 Å². The standard InChI is InChI=1S/C17H19F2NO/c1-3-20-16(10-12-4-7-14(18)8-5-12)13-6-9-17(21-2)15(19)11-13/h4-9,11,16,20H,3,10H2,1-2H3. The number of hydrogen-bond acceptors (Lipinski definition) is 2. The van der Waals surface area contributed by atoms with Crippen LogP contribution in [0.15, 0.2) is 42.5 Å². The number of likely N-dealkylation sites (N-methyl/N-ethyl adjacent to an activating group) is 1. The molecule has 0 aliphatic heterocycles. The van der Waals surface area contributed by atoms with Crippen LogP contribution in [-0.2, 0) is 6.42 Å². The number of benzene rings is 2. The Bertz CT molecular complexity index is 584. The van der Waals surface area contributed by atoms with Crippen molar-refractivity contribution in [2.45, 2.75) is 19.4 Å². The predicted molar refractivity (Wildman–Crippen MR) is 79.5 cm³/mol. The van der Waals surface area contributed by atoms with Crippen LogP contribution in [0.3, 0.4) is 0 Å². The highest BCUT2D eigenvalue weighted by Crippen LogP contribution is 2.24. The molecule has 0 bridgehead atoms. The molecule has 0 aromatic heterocycles. The van der Waals surface area contributed by atoms with Gasteiger partial charge in [0, 0.05) is 6.04 Å². The molecule has 0 heterocycles. The van der Waals surface area contributed by atoms with E-state index in [1.165, 1.54) is 25.3 Å². The van der Waals surface area contributed by atoms with Crippen LogP contribution in [0, 0.1) is 11.6 Å². The van der Waals surface area contributed by atoms with Gasteiger partial charge in [-0.15, -0.1) is 0 Å². The fraction of sp³-hybridized carbons (Fsp3) is 0.294. The summed E-state index contributed by atoms with van der Waals surface area (Å²) >= 11 is 0. The van der Waals surface area contributed by atoms with E-state index in [-0.39, 0.29) is 23.4 Å². The number of hydrogen-bond donors (Lipinski definition) is 1. The summed E-state index contributed by atoms with van der Waals surface area (Å²) in [4.78, 5) is 0. The average molecular weight is 291 g/mol. The summed E-state index contributed by atoms with van der Waals surface area (Å²) in [6, 6.07) is 11.3. The summed E-state index contributed by atoms with van der Waals surface area (Å²) < 4.78 is 31.7. The van der Waals surface area contributed by atoms with Crippen molar-refractivity contribution in [3.8, 4) is 5.75 Å². The van der Waals surface area contributed by atoms with Gasteiger partial charge in [0.2, 0.25) is 0 Å². The zero-order valence-corrected chi connectivity index (χ0v) is 12.2. The highest BCUT2D eigenvalue weighted by molar-refractivity contribution is 5.32. The molecule has 112 valence electrons. The Hall–Kier alpha value is -1.94. The van der Waals surface area contributed by atoms with Gasteiger partial charge >= 0.3 is 0 Å². The van der Waals surface area contributed by atoms with E-state index in [1.807, 2.05) is 13.0 Å². The van der Waals surface area contributed by atoms with Crippen molar-refractivity contribution < 1.29 is 13.5 Å². The third kappa shape index (κ3) is 4.02. The number of halogens is 2. The number of rotatable bonds is 6. The molecule has 2 aromatic rings. The van der Waals surface area contributed by atoms with Crippen LogP contribution in [-0.4, -0.2) is 13.7 Å². The molecule has 2 rings (SSSR count). The maximum absolute atomic E-state index is 13.8. The van der Waals surface area contributed by atoms with E-state index >= 15 is 0 Å². The van der Waals surface area contributed by atoms with Crippen LogP contribution < -0.4 is 10.1 Å². The average Bonchev–Trinajstić information content (AvgIpc) is 2.49. The monoisotopic (exact) mass is 291 g/mol. The SMILES string of the molecule is CCNC(Cc1ccc(F)cc1)c1ccc(OC)c(F)c1. The van der Waals surface area contributed by atoms with Crippen LogP contribution in [0.5, 0.6) is 5.75 Å². The van der Waals surface area contributed by atoms with E-state index in [9.17, 15) is 8.78 Å². The summed E-state index contributed by atoms with van der Waals surface area (Å²) in [7, 11) is 1.44. The first-order chi connectivity index (χ1) is 10.1. The molecule has 1 unspecified atom stereocenters. The minimum Gasteiger partial charge on any atom is -0.494 e. The van der Waals surface area contributed by atoms with Gasteiger partial charge in [0.25, 0.3) is 0 Å². The smallest absolute Gasteiger partial charge is 0.165 e. The lowest BCUT2D eigenvalue weighted by molar-refractivity contribution is 0.385. The van der Waals surface area contributed by atoms with Gasteiger partial charge in [0.1, 0.15) is 5.82 Å². The molecular formula is C17H19F2NO. The van der Waals surface area contributed by atoms with E-state index in [2.05, 4.69) is 5.32 Å². The quantitative estimate of drug-likeness (QED) is 0.872. The molecule has 0 radical (unpaired) electrons. The normalized spacial score (nSPS) is 12.2. The summed E-state index contributed by atoms with van der Waals surface area (Å²) in [5.41, 5.74) is 1.85. The molecule has 0 aliphatic rings. The lowest BCUT2D eigenvalue weighted by Gasteiger charge is -2.19. The Morgan fingerprint density at radius 2 is 1.81 bits per heavy atom. The van der Waals surface area contributed by atoms with Crippen molar-refractivity contribution in [1.82, 2.24) is 5.32 Å². The molecule has 0 saturated carbocycles. The van der Waals surface area contributed by atoms with E-state index in [0.29, 0.717) is 6.42 Å². The molecule has 21 heavy (non-hydrogen) atoms. The Morgan fingerprint density at radius 3 is 2.38 bits per heavy atom. The second-order valence-electron chi connectivity index (χ2n) is 4.83.